The van der Waals surface area contributed by atoms with E-state index in [0.717, 1.165) is 21.9 Å². The van der Waals surface area contributed by atoms with Crippen molar-refractivity contribution in [1.29, 1.82) is 0 Å². The van der Waals surface area contributed by atoms with Gasteiger partial charge in [0.05, 0.1) is 0 Å². The number of benzene rings is 3. The second-order valence-corrected chi connectivity index (χ2v) is 5.19. The zero-order valence-corrected chi connectivity index (χ0v) is 12.8. The van der Waals surface area contributed by atoms with Crippen LogP contribution in [0.3, 0.4) is 0 Å². The predicted molar refractivity (Wildman–Crippen MR) is 91.2 cm³/mol. The standard InChI is InChI=1S/C12H9O2P.C6H6O/c1-3-7-11-9(5-1)10-6-2-4-8-12(10)14-15-13-11;7-6-4-2-1-3-5-6/h1-8,15H;1-5,7H. The molecule has 4 heteroatoms. The Hall–Kier alpha value is -2.64. The monoisotopic (exact) mass is 310 g/mol. The van der Waals surface area contributed by atoms with Crippen molar-refractivity contribution in [3.63, 3.8) is 0 Å². The average Bonchev–Trinajstić information content (AvgIpc) is 2.76. The molecular weight excluding hydrogens is 295 g/mol. The van der Waals surface area contributed by atoms with Gasteiger partial charge in [-0.25, -0.2) is 0 Å². The third kappa shape index (κ3) is 3.33. The van der Waals surface area contributed by atoms with Crippen LogP contribution in [0.5, 0.6) is 5.75 Å². The molecule has 1 N–H and O–H groups in total. The van der Waals surface area contributed by atoms with Gasteiger partial charge in [0, 0.05) is 10.8 Å². The van der Waals surface area contributed by atoms with Gasteiger partial charge in [-0.15, -0.1) is 0 Å². The molecule has 0 spiro atoms. The molecule has 0 saturated carbocycles. The van der Waals surface area contributed by atoms with Crippen molar-refractivity contribution in [1.82, 2.24) is 0 Å². The fourth-order valence-corrected chi connectivity index (χ4v) is 2.67. The van der Waals surface area contributed by atoms with Crippen LogP contribution in [0.25, 0.3) is 21.9 Å². The summed E-state index contributed by atoms with van der Waals surface area (Å²) in [5.41, 5.74) is 1.78. The minimum Gasteiger partial charge on any atom is -0.508 e. The zero-order valence-electron chi connectivity index (χ0n) is 11.8. The number of phenols is 1. The molecule has 1 heterocycles. The lowest BCUT2D eigenvalue weighted by atomic mass is 10.1. The maximum absolute atomic E-state index is 8.63. The summed E-state index contributed by atoms with van der Waals surface area (Å²) >= 11 is 0. The van der Waals surface area contributed by atoms with E-state index in [2.05, 4.69) is 0 Å². The number of para-hydroxylation sites is 3. The molecule has 4 rings (SSSR count). The Kier molecular flexibility index (Phi) is 4.47. The molecule has 3 nitrogen and oxygen atoms in total. The minimum atomic E-state index is 0.0288. The van der Waals surface area contributed by atoms with Crippen molar-refractivity contribution in [3.8, 4) is 5.75 Å². The van der Waals surface area contributed by atoms with Crippen molar-refractivity contribution in [2.45, 2.75) is 0 Å². The van der Waals surface area contributed by atoms with Crippen LogP contribution in [-0.2, 0) is 0 Å². The van der Waals surface area contributed by atoms with E-state index in [-0.39, 0.29) is 8.67 Å². The number of aromatic hydroxyl groups is 1. The average molecular weight is 310 g/mol. The van der Waals surface area contributed by atoms with E-state index in [9.17, 15) is 0 Å². The van der Waals surface area contributed by atoms with Gasteiger partial charge in [0.2, 0.25) is 8.67 Å². The number of hydrogen-bond acceptors (Lipinski definition) is 3. The van der Waals surface area contributed by atoms with Crippen LogP contribution in [0.1, 0.15) is 0 Å². The van der Waals surface area contributed by atoms with Crippen molar-refractivity contribution < 1.29 is 13.5 Å². The number of phenolic OH excluding ortho intramolecular Hbond substituents is 1. The van der Waals surface area contributed by atoms with E-state index in [1.165, 1.54) is 0 Å². The van der Waals surface area contributed by atoms with Crippen LogP contribution in [0.2, 0.25) is 0 Å². The van der Waals surface area contributed by atoms with Gasteiger partial charge in [0.25, 0.3) is 0 Å². The fraction of sp³-hybridized carbons (Fsp3) is 0. The highest BCUT2D eigenvalue weighted by Crippen LogP contribution is 2.26. The molecule has 0 unspecified atom stereocenters. The topological polar surface area (TPSA) is 46.5 Å². The highest BCUT2D eigenvalue weighted by Gasteiger charge is 1.99. The van der Waals surface area contributed by atoms with Crippen LogP contribution in [0.15, 0.2) is 87.3 Å². The Labute approximate surface area is 129 Å². The molecule has 0 fully saturated rings. The third-order valence-corrected chi connectivity index (χ3v) is 3.73. The molecule has 22 heavy (non-hydrogen) atoms. The summed E-state index contributed by atoms with van der Waals surface area (Å²) in [7, 11) is 0.0288. The molecule has 110 valence electrons. The lowest BCUT2D eigenvalue weighted by Crippen LogP contribution is -1.69. The molecule has 1 aromatic heterocycles. The quantitative estimate of drug-likeness (QED) is 0.451. The van der Waals surface area contributed by atoms with E-state index >= 15 is 0 Å². The van der Waals surface area contributed by atoms with Gasteiger partial charge in [-0.3, -0.25) is 0 Å². The molecule has 0 aliphatic carbocycles. The third-order valence-electron chi connectivity index (χ3n) is 3.12. The highest BCUT2D eigenvalue weighted by molar-refractivity contribution is 7.15. The molecule has 0 saturated heterocycles. The highest BCUT2D eigenvalue weighted by atomic mass is 31.1. The molecule has 0 bridgehead atoms. The van der Waals surface area contributed by atoms with Gasteiger partial charge < -0.3 is 13.5 Å². The fourth-order valence-electron chi connectivity index (χ4n) is 2.09. The van der Waals surface area contributed by atoms with E-state index in [1.54, 1.807) is 24.3 Å². The van der Waals surface area contributed by atoms with E-state index in [0.29, 0.717) is 5.75 Å². The Bertz CT molecular complexity index is 846. The summed E-state index contributed by atoms with van der Waals surface area (Å²) in [4.78, 5) is 0. The first-order valence-electron chi connectivity index (χ1n) is 6.86. The van der Waals surface area contributed by atoms with Gasteiger partial charge in [0.15, 0.2) is 0 Å². The van der Waals surface area contributed by atoms with Crippen molar-refractivity contribution in [3.05, 3.63) is 78.9 Å². The van der Waals surface area contributed by atoms with Gasteiger partial charge in [-0.05, 0) is 24.3 Å². The van der Waals surface area contributed by atoms with Crippen LogP contribution >= 0.6 is 8.67 Å². The van der Waals surface area contributed by atoms with Crippen LogP contribution in [0.4, 0.5) is 0 Å². The number of hydrogen-bond donors (Lipinski definition) is 1. The lowest BCUT2D eigenvalue weighted by Gasteiger charge is -1.92. The first-order valence-corrected chi connectivity index (χ1v) is 7.67. The molecule has 0 atom stereocenters. The summed E-state index contributed by atoms with van der Waals surface area (Å²) in [6, 6.07) is 24.7. The zero-order chi connectivity index (χ0) is 15.2. The Morgan fingerprint density at radius 1 is 0.591 bits per heavy atom. The molecule has 0 radical (unpaired) electrons. The van der Waals surface area contributed by atoms with E-state index < -0.39 is 0 Å². The van der Waals surface area contributed by atoms with E-state index in [4.69, 9.17) is 13.5 Å². The van der Waals surface area contributed by atoms with Gasteiger partial charge in [0.1, 0.15) is 16.9 Å². The molecule has 0 aliphatic heterocycles. The van der Waals surface area contributed by atoms with Crippen LogP contribution in [-0.4, -0.2) is 5.11 Å². The maximum atomic E-state index is 8.63. The number of fused-ring (bicyclic) bond motifs is 3. The molecular formula is C18H15O3P. The largest absolute Gasteiger partial charge is 0.508 e. The first kappa shape index (κ1) is 14.3. The van der Waals surface area contributed by atoms with Gasteiger partial charge in [-0.1, -0.05) is 54.6 Å². The van der Waals surface area contributed by atoms with Crippen LogP contribution < -0.4 is 0 Å². The first-order chi connectivity index (χ1) is 10.8. The van der Waals surface area contributed by atoms with Crippen molar-refractivity contribution in [2.24, 2.45) is 0 Å². The Morgan fingerprint density at radius 3 is 1.50 bits per heavy atom. The summed E-state index contributed by atoms with van der Waals surface area (Å²) in [6.45, 7) is 0. The van der Waals surface area contributed by atoms with Crippen molar-refractivity contribution >= 4 is 30.6 Å². The Morgan fingerprint density at radius 2 is 1.05 bits per heavy atom. The summed E-state index contributed by atoms with van der Waals surface area (Å²) in [6.07, 6.45) is 0. The predicted octanol–water partition coefficient (Wildman–Crippen LogP) is 5.73. The smallest absolute Gasteiger partial charge is 0.201 e. The molecule has 0 aliphatic rings. The van der Waals surface area contributed by atoms with Crippen LogP contribution in [0, 0.1) is 0 Å². The molecule has 3 aromatic carbocycles. The maximum Gasteiger partial charge on any atom is 0.201 e. The summed E-state index contributed by atoms with van der Waals surface area (Å²) in [5, 5.41) is 10.8. The Balaban J connectivity index is 0.000000174. The number of rotatable bonds is 0. The van der Waals surface area contributed by atoms with E-state index in [1.807, 2.05) is 54.6 Å². The summed E-state index contributed by atoms with van der Waals surface area (Å²) < 4.78 is 11.1. The lowest BCUT2D eigenvalue weighted by molar-refractivity contribution is 0.475. The molecule has 4 aromatic rings. The SMILES string of the molecule is Oc1ccccc1.c1ccc2c(c1)o[pH]oc1ccccc12. The van der Waals surface area contributed by atoms with Gasteiger partial charge in [-0.2, -0.15) is 0 Å². The normalized spacial score (nSPS) is 10.0. The molecule has 0 amide bonds. The second-order valence-electron chi connectivity index (χ2n) is 4.62. The summed E-state index contributed by atoms with van der Waals surface area (Å²) in [5.74, 6) is 0.322. The minimum absolute atomic E-state index is 0.0288. The second kappa shape index (κ2) is 6.88. The van der Waals surface area contributed by atoms with Gasteiger partial charge >= 0.3 is 0 Å². The van der Waals surface area contributed by atoms with Crippen molar-refractivity contribution in [2.75, 3.05) is 0 Å².